The molecule has 0 aliphatic heterocycles. The summed E-state index contributed by atoms with van der Waals surface area (Å²) in [7, 11) is 0. The second kappa shape index (κ2) is 8.81. The first-order chi connectivity index (χ1) is 13.5. The molecule has 3 N–H and O–H groups in total. The third-order valence-corrected chi connectivity index (χ3v) is 4.23. The third-order valence-electron chi connectivity index (χ3n) is 4.23. The molecule has 1 atom stereocenters. The highest BCUT2D eigenvalue weighted by Gasteiger charge is 2.21. The molecule has 0 aliphatic carbocycles. The average Bonchev–Trinajstić information content (AvgIpc) is 3.16. The van der Waals surface area contributed by atoms with Crippen molar-refractivity contribution in [3.63, 3.8) is 0 Å². The summed E-state index contributed by atoms with van der Waals surface area (Å²) in [6, 6.07) is 16.0. The van der Waals surface area contributed by atoms with Gasteiger partial charge in [-0.2, -0.15) is 0 Å². The van der Waals surface area contributed by atoms with Crippen molar-refractivity contribution in [3.8, 4) is 0 Å². The Morgan fingerprint density at radius 1 is 1.14 bits per heavy atom. The van der Waals surface area contributed by atoms with Crippen molar-refractivity contribution in [2.75, 3.05) is 5.32 Å². The van der Waals surface area contributed by atoms with Gasteiger partial charge in [0.1, 0.15) is 0 Å². The van der Waals surface area contributed by atoms with Crippen LogP contribution in [0.3, 0.4) is 0 Å². The Bertz CT molecular complexity index is 956. The largest absolute Gasteiger partial charge is 0.478 e. The van der Waals surface area contributed by atoms with E-state index >= 15 is 0 Å². The lowest BCUT2D eigenvalue weighted by molar-refractivity contribution is -0.782. The lowest BCUT2D eigenvalue weighted by Crippen LogP contribution is -2.40. The molecule has 0 radical (unpaired) electrons. The number of carboxylic acids is 1. The van der Waals surface area contributed by atoms with Crippen LogP contribution in [0.25, 0.3) is 0 Å². The minimum Gasteiger partial charge on any atom is -0.478 e. The molecule has 8 heteroatoms. The van der Waals surface area contributed by atoms with Crippen LogP contribution in [0.4, 0.5) is 10.7 Å². The molecule has 0 fully saturated rings. The predicted octanol–water partition coefficient (Wildman–Crippen LogP) is 2.79. The summed E-state index contributed by atoms with van der Waals surface area (Å²) in [6.07, 6.45) is 2.38. The first kappa shape index (κ1) is 19.1. The number of carbonyl (C=O) groups excluding carboxylic acids is 1. The molecule has 0 saturated carbocycles. The minimum absolute atomic E-state index is 0.0483. The maximum absolute atomic E-state index is 12.1. The topological polar surface area (TPSA) is 108 Å². The van der Waals surface area contributed by atoms with Crippen molar-refractivity contribution in [1.29, 1.82) is 0 Å². The molecule has 2 amide bonds. The number of nitrogens with one attached hydrogen (secondary N) is 2. The fourth-order valence-corrected chi connectivity index (χ4v) is 2.78. The molecular formula is C20H21N4O4+. The van der Waals surface area contributed by atoms with E-state index in [0.717, 1.165) is 6.42 Å². The maximum atomic E-state index is 12.1. The third kappa shape index (κ3) is 4.94. The molecule has 1 heterocycles. The van der Waals surface area contributed by atoms with Gasteiger partial charge in [0.2, 0.25) is 5.27 Å². The number of nitrogens with zero attached hydrogens (tertiary/aromatic N) is 2. The van der Waals surface area contributed by atoms with Gasteiger partial charge in [-0.3, -0.25) is 9.84 Å². The van der Waals surface area contributed by atoms with E-state index in [0.29, 0.717) is 5.56 Å². The van der Waals surface area contributed by atoms with E-state index in [9.17, 15) is 14.7 Å². The Balaban J connectivity index is 1.55. The van der Waals surface area contributed by atoms with Gasteiger partial charge < -0.3 is 10.4 Å². The highest BCUT2D eigenvalue weighted by Crippen LogP contribution is 2.10. The van der Waals surface area contributed by atoms with E-state index in [1.54, 1.807) is 29.1 Å². The van der Waals surface area contributed by atoms with Crippen molar-refractivity contribution in [3.05, 3.63) is 77.5 Å². The summed E-state index contributed by atoms with van der Waals surface area (Å²) in [5.41, 5.74) is 1.83. The Morgan fingerprint density at radius 3 is 2.61 bits per heavy atom. The fourth-order valence-electron chi connectivity index (χ4n) is 2.78. The number of amides is 2. The van der Waals surface area contributed by atoms with E-state index < -0.39 is 12.0 Å². The van der Waals surface area contributed by atoms with Gasteiger partial charge in [0.15, 0.2) is 6.04 Å². The molecular weight excluding hydrogens is 360 g/mol. The van der Waals surface area contributed by atoms with Gasteiger partial charge in [0.25, 0.3) is 6.20 Å². The number of benzene rings is 2. The van der Waals surface area contributed by atoms with Gasteiger partial charge in [-0.15, -0.1) is 0 Å². The zero-order chi connectivity index (χ0) is 19.9. The van der Waals surface area contributed by atoms with Crippen LogP contribution in [0.1, 0.15) is 34.5 Å². The number of aromatic nitrogens is 2. The molecule has 144 valence electrons. The molecule has 3 rings (SSSR count). The molecule has 8 nitrogen and oxygen atoms in total. The highest BCUT2D eigenvalue weighted by molar-refractivity contribution is 5.90. The van der Waals surface area contributed by atoms with Crippen LogP contribution in [-0.2, 0) is 13.0 Å². The fraction of sp³-hybridized carbons (Fsp3) is 0.200. The molecule has 0 bridgehead atoms. The zero-order valence-corrected chi connectivity index (χ0v) is 15.3. The number of rotatable bonds is 7. The summed E-state index contributed by atoms with van der Waals surface area (Å²) < 4.78 is 6.80. The van der Waals surface area contributed by atoms with Crippen LogP contribution in [0.2, 0.25) is 0 Å². The number of anilines is 1. The molecule has 0 saturated heterocycles. The predicted molar refractivity (Wildman–Crippen MR) is 101 cm³/mol. The molecule has 0 aliphatic rings. The van der Waals surface area contributed by atoms with Crippen molar-refractivity contribution < 1.29 is 23.9 Å². The maximum Gasteiger partial charge on any atom is 0.336 e. The number of urea groups is 1. The van der Waals surface area contributed by atoms with E-state index in [1.165, 1.54) is 11.6 Å². The Labute approximate surface area is 161 Å². The first-order valence-corrected chi connectivity index (χ1v) is 8.81. The lowest BCUT2D eigenvalue weighted by atomic mass is 10.1. The average molecular weight is 381 g/mol. The van der Waals surface area contributed by atoms with Crippen molar-refractivity contribution in [1.82, 2.24) is 10.6 Å². The number of hydrogen-bond donors (Lipinski definition) is 3. The summed E-state index contributed by atoms with van der Waals surface area (Å²) in [4.78, 5) is 23.3. The summed E-state index contributed by atoms with van der Waals surface area (Å²) in [5.74, 6) is -0.842. The van der Waals surface area contributed by atoms with Crippen molar-refractivity contribution >= 4 is 17.9 Å². The standard InChI is InChI=1S/C20H20N4O4/c1-14(11-15-7-3-2-4-8-15)24-13-18(28-23-24)22-20(27)21-12-16-9-5-6-10-17(16)19(25)26/h2-10,13-14H,11-12H2,1H3,(H2-,21,22,23,25,26,27)/p+1. The zero-order valence-electron chi connectivity index (χ0n) is 15.3. The van der Waals surface area contributed by atoms with E-state index in [2.05, 4.69) is 15.9 Å². The number of aromatic carboxylic acids is 1. The minimum atomic E-state index is -1.04. The number of carboxylic acid groups (broad SMARTS) is 1. The highest BCUT2D eigenvalue weighted by atomic mass is 16.5. The molecule has 28 heavy (non-hydrogen) atoms. The van der Waals surface area contributed by atoms with Crippen LogP contribution in [0, 0.1) is 0 Å². The monoisotopic (exact) mass is 381 g/mol. The smallest absolute Gasteiger partial charge is 0.336 e. The molecule has 1 unspecified atom stereocenters. The molecule has 3 aromatic rings. The number of carbonyl (C=O) groups is 2. The van der Waals surface area contributed by atoms with Crippen LogP contribution < -0.4 is 15.3 Å². The summed E-state index contributed by atoms with van der Waals surface area (Å²) in [6.45, 7) is 2.08. The van der Waals surface area contributed by atoms with Gasteiger partial charge in [-0.1, -0.05) is 48.5 Å². The van der Waals surface area contributed by atoms with E-state index in [1.807, 2.05) is 37.3 Å². The van der Waals surface area contributed by atoms with Crippen LogP contribution >= 0.6 is 0 Å². The SMILES string of the molecule is CC(Cc1ccccc1)[n+]1cc(NC(=O)NCc2ccccc2C(=O)O)on1. The Morgan fingerprint density at radius 2 is 1.86 bits per heavy atom. The summed E-state index contributed by atoms with van der Waals surface area (Å²) >= 11 is 0. The van der Waals surface area contributed by atoms with Gasteiger partial charge in [0.05, 0.1) is 5.56 Å². The molecule has 0 spiro atoms. The second-order valence-corrected chi connectivity index (χ2v) is 6.36. The van der Waals surface area contributed by atoms with Crippen molar-refractivity contribution in [2.24, 2.45) is 0 Å². The van der Waals surface area contributed by atoms with Gasteiger partial charge in [-0.05, 0) is 21.9 Å². The van der Waals surface area contributed by atoms with Gasteiger partial charge >= 0.3 is 17.9 Å². The molecule has 2 aromatic carbocycles. The normalized spacial score (nSPS) is 11.6. The van der Waals surface area contributed by atoms with Gasteiger partial charge in [0, 0.05) is 19.9 Å². The molecule has 1 aromatic heterocycles. The van der Waals surface area contributed by atoms with Gasteiger partial charge in [-0.25, -0.2) is 9.59 Å². The van der Waals surface area contributed by atoms with Crippen LogP contribution in [0.15, 0.2) is 65.3 Å². The lowest BCUT2D eigenvalue weighted by Gasteiger charge is -2.07. The quantitative estimate of drug-likeness (QED) is 0.546. The number of hydrogen-bond acceptors (Lipinski definition) is 4. The van der Waals surface area contributed by atoms with Crippen molar-refractivity contribution in [2.45, 2.75) is 25.9 Å². The summed E-state index contributed by atoms with van der Waals surface area (Å²) in [5, 5.41) is 18.3. The van der Waals surface area contributed by atoms with E-state index in [4.69, 9.17) is 4.52 Å². The first-order valence-electron chi connectivity index (χ1n) is 8.81. The van der Waals surface area contributed by atoms with E-state index in [-0.39, 0.29) is 24.0 Å². The second-order valence-electron chi connectivity index (χ2n) is 6.36. The van der Waals surface area contributed by atoms with Crippen LogP contribution in [0.5, 0.6) is 0 Å². The Kier molecular flexibility index (Phi) is 6.01. The Hall–Kier alpha value is -3.68. The van der Waals surface area contributed by atoms with Crippen LogP contribution in [-0.4, -0.2) is 22.4 Å².